The molecule has 0 bridgehead atoms. The maximum Gasteiger partial charge on any atom is 0.253 e. The average Bonchev–Trinajstić information content (AvgIpc) is 3.63. The van der Waals surface area contributed by atoms with E-state index >= 15 is 0 Å². The van der Waals surface area contributed by atoms with Gasteiger partial charge in [-0.1, -0.05) is 32.3 Å². The van der Waals surface area contributed by atoms with Crippen molar-refractivity contribution in [1.29, 1.82) is 0 Å². The van der Waals surface area contributed by atoms with Gasteiger partial charge in [-0.2, -0.15) is 0 Å². The van der Waals surface area contributed by atoms with E-state index in [9.17, 15) is 4.79 Å². The Kier molecular flexibility index (Phi) is 6.89. The van der Waals surface area contributed by atoms with E-state index in [-0.39, 0.29) is 11.6 Å². The number of benzene rings is 1. The smallest absolute Gasteiger partial charge is 0.253 e. The number of piperazine rings is 1. The molecule has 1 aliphatic heterocycles. The van der Waals surface area contributed by atoms with Crippen LogP contribution in [0.2, 0.25) is 0 Å². The van der Waals surface area contributed by atoms with E-state index in [2.05, 4.69) is 49.4 Å². The number of fused-ring (bicyclic) bond motifs is 1. The van der Waals surface area contributed by atoms with Crippen molar-refractivity contribution in [3.05, 3.63) is 75.7 Å². The van der Waals surface area contributed by atoms with Gasteiger partial charge < -0.3 is 9.40 Å². The van der Waals surface area contributed by atoms with Crippen LogP contribution in [0.3, 0.4) is 0 Å². The molecule has 4 aromatic rings. The number of furan rings is 1. The Morgan fingerprint density at radius 3 is 2.68 bits per heavy atom. The Labute approximate surface area is 216 Å². The molecule has 2 fully saturated rings. The van der Waals surface area contributed by atoms with Gasteiger partial charge in [-0.3, -0.25) is 14.6 Å². The first-order valence-corrected chi connectivity index (χ1v) is 13.6. The van der Waals surface area contributed by atoms with Gasteiger partial charge in [-0.05, 0) is 71.0 Å². The first-order valence-electron chi connectivity index (χ1n) is 13.6. The largest absolute Gasteiger partial charge is 0.467 e. The molecule has 1 saturated heterocycles. The van der Waals surface area contributed by atoms with Gasteiger partial charge in [0.1, 0.15) is 18.3 Å². The Morgan fingerprint density at radius 1 is 1.08 bits per heavy atom. The number of tetrazole rings is 1. The molecule has 0 unspecified atom stereocenters. The number of aromatic nitrogens is 5. The first-order chi connectivity index (χ1) is 18.2. The van der Waals surface area contributed by atoms with Crippen LogP contribution in [-0.4, -0.2) is 67.2 Å². The van der Waals surface area contributed by atoms with E-state index in [4.69, 9.17) is 4.42 Å². The molecule has 1 N–H and O–H groups in total. The van der Waals surface area contributed by atoms with Gasteiger partial charge in [0.2, 0.25) is 0 Å². The van der Waals surface area contributed by atoms with Gasteiger partial charge in [0, 0.05) is 43.3 Å². The number of H-pyrrole nitrogens is 1. The topological polar surface area (TPSA) is 96.1 Å². The molecule has 194 valence electrons. The van der Waals surface area contributed by atoms with Crippen molar-refractivity contribution < 1.29 is 4.42 Å². The quantitative estimate of drug-likeness (QED) is 0.412. The van der Waals surface area contributed by atoms with E-state index in [1.165, 1.54) is 37.7 Å². The van der Waals surface area contributed by atoms with Gasteiger partial charge in [0.15, 0.2) is 5.82 Å². The zero-order valence-corrected chi connectivity index (χ0v) is 21.5. The Hall–Kier alpha value is -3.30. The zero-order valence-electron chi connectivity index (χ0n) is 21.5. The van der Waals surface area contributed by atoms with Crippen molar-refractivity contribution in [2.45, 2.75) is 64.1 Å². The van der Waals surface area contributed by atoms with Crippen LogP contribution in [0.15, 0.2) is 51.9 Å². The minimum absolute atomic E-state index is 0.0935. The van der Waals surface area contributed by atoms with Crippen LogP contribution in [-0.2, 0) is 13.0 Å². The molecule has 3 aromatic heterocycles. The molecule has 2 aliphatic rings. The number of pyridine rings is 1. The molecule has 0 radical (unpaired) electrons. The molecule has 0 spiro atoms. The Morgan fingerprint density at radius 2 is 1.92 bits per heavy atom. The molecule has 9 nitrogen and oxygen atoms in total. The van der Waals surface area contributed by atoms with Gasteiger partial charge in [0.25, 0.3) is 5.56 Å². The summed E-state index contributed by atoms with van der Waals surface area (Å²) >= 11 is 0. The van der Waals surface area contributed by atoms with Crippen molar-refractivity contribution in [2.24, 2.45) is 0 Å². The van der Waals surface area contributed by atoms with Crippen LogP contribution >= 0.6 is 0 Å². The first kappa shape index (κ1) is 24.1. The molecular formula is C28H35N7O2. The second kappa shape index (κ2) is 10.6. The minimum atomic E-state index is -0.350. The van der Waals surface area contributed by atoms with Crippen LogP contribution in [0.4, 0.5) is 0 Å². The molecule has 1 aliphatic carbocycles. The lowest BCUT2D eigenvalue weighted by molar-refractivity contribution is 0.0617. The van der Waals surface area contributed by atoms with Crippen molar-refractivity contribution >= 4 is 10.9 Å². The lowest BCUT2D eigenvalue weighted by Gasteiger charge is -2.42. The summed E-state index contributed by atoms with van der Waals surface area (Å²) in [7, 11) is 0. The molecule has 0 amide bonds. The number of hydrogen-bond donors (Lipinski definition) is 1. The summed E-state index contributed by atoms with van der Waals surface area (Å²) in [5, 5.41) is 13.8. The van der Waals surface area contributed by atoms with Crippen LogP contribution in [0.1, 0.15) is 67.8 Å². The maximum absolute atomic E-state index is 13.5. The van der Waals surface area contributed by atoms with E-state index in [0.29, 0.717) is 24.0 Å². The highest BCUT2D eigenvalue weighted by atomic mass is 16.3. The summed E-state index contributed by atoms with van der Waals surface area (Å²) in [5.74, 6) is 1.44. The van der Waals surface area contributed by atoms with Gasteiger partial charge in [0.05, 0.1) is 6.26 Å². The van der Waals surface area contributed by atoms with Gasteiger partial charge >= 0.3 is 0 Å². The van der Waals surface area contributed by atoms with E-state index in [1.807, 2.05) is 24.3 Å². The minimum Gasteiger partial charge on any atom is -0.467 e. The molecule has 1 atom stereocenters. The molecular weight excluding hydrogens is 466 g/mol. The van der Waals surface area contributed by atoms with Crippen LogP contribution in [0.5, 0.6) is 0 Å². The van der Waals surface area contributed by atoms with E-state index < -0.39 is 0 Å². The summed E-state index contributed by atoms with van der Waals surface area (Å²) in [6.45, 7) is 6.27. The summed E-state index contributed by atoms with van der Waals surface area (Å²) in [6, 6.07) is 12.4. The fourth-order valence-corrected chi connectivity index (χ4v) is 6.07. The maximum atomic E-state index is 13.5. The van der Waals surface area contributed by atoms with Gasteiger partial charge in [-0.25, -0.2) is 4.68 Å². The normalized spacial score (nSPS) is 18.9. The summed E-state index contributed by atoms with van der Waals surface area (Å²) < 4.78 is 7.34. The molecule has 37 heavy (non-hydrogen) atoms. The lowest BCUT2D eigenvalue weighted by Crippen LogP contribution is -2.52. The second-order valence-corrected chi connectivity index (χ2v) is 10.4. The number of hydrogen-bond acceptors (Lipinski definition) is 7. The summed E-state index contributed by atoms with van der Waals surface area (Å²) in [4.78, 5) is 21.7. The van der Waals surface area contributed by atoms with Crippen LogP contribution < -0.4 is 5.56 Å². The highest BCUT2D eigenvalue weighted by Gasteiger charge is 2.34. The third kappa shape index (κ3) is 4.98. The fraction of sp³-hybridized carbons (Fsp3) is 0.500. The third-order valence-corrected chi connectivity index (χ3v) is 8.14. The zero-order chi connectivity index (χ0) is 25.2. The predicted molar refractivity (Wildman–Crippen MR) is 141 cm³/mol. The molecule has 1 aromatic carbocycles. The van der Waals surface area contributed by atoms with Crippen molar-refractivity contribution in [3.63, 3.8) is 0 Å². The van der Waals surface area contributed by atoms with Crippen molar-refractivity contribution in [1.82, 2.24) is 35.0 Å². The van der Waals surface area contributed by atoms with Crippen LogP contribution in [0, 0.1) is 0 Å². The second-order valence-electron chi connectivity index (χ2n) is 10.4. The average molecular weight is 502 g/mol. The third-order valence-electron chi connectivity index (χ3n) is 8.14. The Balaban J connectivity index is 1.37. The molecule has 4 heterocycles. The summed E-state index contributed by atoms with van der Waals surface area (Å²) in [6.07, 6.45) is 9.23. The highest BCUT2D eigenvalue weighted by Crippen LogP contribution is 2.30. The highest BCUT2D eigenvalue weighted by molar-refractivity contribution is 5.80. The monoisotopic (exact) mass is 501 g/mol. The molecule has 9 heteroatoms. The number of aromatic amines is 1. The van der Waals surface area contributed by atoms with Gasteiger partial charge in [-0.15, -0.1) is 5.10 Å². The Bertz CT molecular complexity index is 1380. The number of aryl methyl sites for hydroxylation is 1. The number of nitrogens with one attached hydrogen (secondary N) is 1. The summed E-state index contributed by atoms with van der Waals surface area (Å²) in [5.41, 5.74) is 2.68. The molecule has 1 saturated carbocycles. The lowest BCUT2D eigenvalue weighted by atomic mass is 9.93. The van der Waals surface area contributed by atoms with Crippen LogP contribution in [0.25, 0.3) is 10.9 Å². The predicted octanol–water partition coefficient (Wildman–Crippen LogP) is 3.76. The standard InChI is InChI=1S/C28H35N7O2/c1-2-20-10-11-25-21(17-20)18-24(28(36)29-25)26(27-30-31-32-35(27)19-23-9-6-16-37-23)34-14-12-33(13-15-34)22-7-4-3-5-8-22/h6,9-11,16-18,22,26H,2-5,7-8,12-15,19H2,1H3,(H,29,36)/t26-/m1/s1. The fourth-order valence-electron chi connectivity index (χ4n) is 6.07. The SMILES string of the molecule is CCc1ccc2[nH]c(=O)c([C@H](c3nnnn3Cc3ccco3)N3CCN(C4CCCCC4)CC3)cc2c1. The number of rotatable bonds is 7. The molecule has 6 rings (SSSR count). The van der Waals surface area contributed by atoms with E-state index in [1.54, 1.807) is 10.9 Å². The van der Waals surface area contributed by atoms with Crippen molar-refractivity contribution in [2.75, 3.05) is 26.2 Å². The van der Waals surface area contributed by atoms with Crippen molar-refractivity contribution in [3.8, 4) is 0 Å². The number of nitrogens with zero attached hydrogens (tertiary/aromatic N) is 6. The van der Waals surface area contributed by atoms with E-state index in [0.717, 1.165) is 49.3 Å².